The Hall–Kier alpha value is -1.83. The summed E-state index contributed by atoms with van der Waals surface area (Å²) in [6.07, 6.45) is 0. The first-order valence-corrected chi connectivity index (χ1v) is 7.73. The molecule has 1 N–H and O–H groups in total. The summed E-state index contributed by atoms with van der Waals surface area (Å²) in [6.45, 7) is -0.319. The van der Waals surface area contributed by atoms with E-state index in [4.69, 9.17) is 27.9 Å². The lowest BCUT2D eigenvalue weighted by Gasteiger charge is -2.10. The van der Waals surface area contributed by atoms with E-state index in [1.165, 1.54) is 18.2 Å². The summed E-state index contributed by atoms with van der Waals surface area (Å²) in [7, 11) is 0. The van der Waals surface area contributed by atoms with E-state index in [1.54, 1.807) is 18.2 Å². The highest BCUT2D eigenvalue weighted by Gasteiger charge is 2.13. The number of rotatable bonds is 5. The van der Waals surface area contributed by atoms with Crippen LogP contribution < -0.4 is 10.1 Å². The highest BCUT2D eigenvalue weighted by Crippen LogP contribution is 2.28. The zero-order valence-electron chi connectivity index (χ0n) is 11.4. The zero-order chi connectivity index (χ0) is 17.0. The van der Waals surface area contributed by atoms with Crippen molar-refractivity contribution in [1.82, 2.24) is 0 Å². The van der Waals surface area contributed by atoms with Gasteiger partial charge in [-0.1, -0.05) is 39.1 Å². The molecule has 9 heteroatoms. The van der Waals surface area contributed by atoms with Crippen LogP contribution in [0.4, 0.5) is 11.4 Å². The molecule has 0 bridgehead atoms. The normalized spacial score (nSPS) is 10.2. The Bertz CT molecular complexity index is 770. The van der Waals surface area contributed by atoms with Gasteiger partial charge in [0.15, 0.2) is 6.61 Å². The molecule has 0 aliphatic heterocycles. The molecule has 0 heterocycles. The number of nitro groups is 1. The molecule has 120 valence electrons. The number of ether oxygens (including phenoxy) is 1. The molecule has 0 aromatic heterocycles. The lowest BCUT2D eigenvalue weighted by molar-refractivity contribution is -0.384. The monoisotopic (exact) mass is 418 g/mol. The maximum absolute atomic E-state index is 11.9. The largest absolute Gasteiger partial charge is 0.482 e. The fourth-order valence-electron chi connectivity index (χ4n) is 1.64. The maximum Gasteiger partial charge on any atom is 0.271 e. The summed E-state index contributed by atoms with van der Waals surface area (Å²) in [5.74, 6) is -0.179. The molecular formula is C14H9BrCl2N2O4. The van der Waals surface area contributed by atoms with E-state index in [9.17, 15) is 14.9 Å². The molecule has 0 atom stereocenters. The number of non-ortho nitro benzene ring substituents is 1. The van der Waals surface area contributed by atoms with Gasteiger partial charge >= 0.3 is 0 Å². The number of anilines is 1. The van der Waals surface area contributed by atoms with Crippen LogP contribution in [0.3, 0.4) is 0 Å². The van der Waals surface area contributed by atoms with Gasteiger partial charge in [-0.2, -0.15) is 0 Å². The molecular weight excluding hydrogens is 411 g/mol. The molecule has 0 saturated heterocycles. The Morgan fingerprint density at radius 2 is 1.96 bits per heavy atom. The van der Waals surface area contributed by atoms with Crippen LogP contribution in [0.2, 0.25) is 10.0 Å². The van der Waals surface area contributed by atoms with Gasteiger partial charge in [0.25, 0.3) is 11.6 Å². The summed E-state index contributed by atoms with van der Waals surface area (Å²) in [5, 5.41) is 13.7. The minimum Gasteiger partial charge on any atom is -0.482 e. The standard InChI is InChI=1S/C14H9BrCl2N2O4/c15-8-1-4-13(11(17)5-8)23-7-14(20)18-12-6-9(19(21)22)2-3-10(12)16/h1-6H,7H2,(H,18,20). The van der Waals surface area contributed by atoms with Crippen LogP contribution in [0.25, 0.3) is 0 Å². The van der Waals surface area contributed by atoms with Crippen molar-refractivity contribution < 1.29 is 14.5 Å². The molecule has 0 saturated carbocycles. The van der Waals surface area contributed by atoms with Gasteiger partial charge < -0.3 is 10.1 Å². The van der Waals surface area contributed by atoms with Gasteiger partial charge in [0.2, 0.25) is 0 Å². The molecule has 0 radical (unpaired) electrons. The molecule has 2 aromatic rings. The Kier molecular flexibility index (Phi) is 5.81. The first-order chi connectivity index (χ1) is 10.9. The Morgan fingerprint density at radius 3 is 2.61 bits per heavy atom. The maximum atomic E-state index is 11.9. The number of nitrogens with zero attached hydrogens (tertiary/aromatic N) is 1. The fourth-order valence-corrected chi connectivity index (χ4v) is 2.54. The summed E-state index contributed by atoms with van der Waals surface area (Å²) in [5.41, 5.74) is -0.0436. The minimum atomic E-state index is -0.579. The Balaban J connectivity index is 2.02. The van der Waals surface area contributed by atoms with Crippen LogP contribution in [0.1, 0.15) is 0 Å². The number of benzene rings is 2. The van der Waals surface area contributed by atoms with Crippen LogP contribution in [0.5, 0.6) is 5.75 Å². The van der Waals surface area contributed by atoms with Gasteiger partial charge in [-0.05, 0) is 24.3 Å². The lowest BCUT2D eigenvalue weighted by Crippen LogP contribution is -2.20. The van der Waals surface area contributed by atoms with Gasteiger partial charge in [0.1, 0.15) is 5.75 Å². The van der Waals surface area contributed by atoms with E-state index in [0.29, 0.717) is 10.8 Å². The summed E-state index contributed by atoms with van der Waals surface area (Å²) < 4.78 is 6.08. The summed E-state index contributed by atoms with van der Waals surface area (Å²) >= 11 is 15.1. The van der Waals surface area contributed by atoms with Crippen molar-refractivity contribution in [3.63, 3.8) is 0 Å². The number of nitrogens with one attached hydrogen (secondary N) is 1. The van der Waals surface area contributed by atoms with Gasteiger partial charge in [0.05, 0.1) is 20.7 Å². The molecule has 0 fully saturated rings. The number of carbonyl (C=O) groups is 1. The SMILES string of the molecule is O=C(COc1ccc(Br)cc1Cl)Nc1cc([N+](=O)[O-])ccc1Cl. The minimum absolute atomic E-state index is 0.136. The van der Waals surface area contributed by atoms with Gasteiger partial charge in [-0.15, -0.1) is 0 Å². The average molecular weight is 420 g/mol. The van der Waals surface area contributed by atoms with E-state index in [-0.39, 0.29) is 23.0 Å². The van der Waals surface area contributed by atoms with Crippen molar-refractivity contribution in [3.8, 4) is 5.75 Å². The molecule has 0 spiro atoms. The van der Waals surface area contributed by atoms with E-state index >= 15 is 0 Å². The molecule has 0 unspecified atom stereocenters. The molecule has 0 aliphatic carbocycles. The Labute approximate surface area is 149 Å². The molecule has 23 heavy (non-hydrogen) atoms. The molecule has 6 nitrogen and oxygen atoms in total. The van der Waals surface area contributed by atoms with Crippen molar-refractivity contribution in [2.75, 3.05) is 11.9 Å². The molecule has 2 aromatic carbocycles. The molecule has 1 amide bonds. The van der Waals surface area contributed by atoms with E-state index < -0.39 is 10.8 Å². The first-order valence-electron chi connectivity index (χ1n) is 6.18. The van der Waals surface area contributed by atoms with Crippen molar-refractivity contribution in [2.24, 2.45) is 0 Å². The second-order valence-electron chi connectivity index (χ2n) is 4.33. The molecule has 2 rings (SSSR count). The van der Waals surface area contributed by atoms with Crippen LogP contribution in [0.15, 0.2) is 40.9 Å². The van der Waals surface area contributed by atoms with Crippen molar-refractivity contribution in [1.29, 1.82) is 0 Å². The highest BCUT2D eigenvalue weighted by molar-refractivity contribution is 9.10. The van der Waals surface area contributed by atoms with Gasteiger partial charge in [0, 0.05) is 16.6 Å². The van der Waals surface area contributed by atoms with Crippen LogP contribution >= 0.6 is 39.1 Å². The average Bonchev–Trinajstić information content (AvgIpc) is 2.48. The number of carbonyl (C=O) groups excluding carboxylic acids is 1. The Morgan fingerprint density at radius 1 is 1.22 bits per heavy atom. The fraction of sp³-hybridized carbons (Fsp3) is 0.0714. The van der Waals surface area contributed by atoms with Crippen LogP contribution in [-0.2, 0) is 4.79 Å². The van der Waals surface area contributed by atoms with Gasteiger partial charge in [-0.25, -0.2) is 0 Å². The number of amides is 1. The zero-order valence-corrected chi connectivity index (χ0v) is 14.5. The van der Waals surface area contributed by atoms with Gasteiger partial charge in [-0.3, -0.25) is 14.9 Å². The number of hydrogen-bond acceptors (Lipinski definition) is 4. The third kappa shape index (κ3) is 4.82. The van der Waals surface area contributed by atoms with E-state index in [2.05, 4.69) is 21.2 Å². The van der Waals surface area contributed by atoms with E-state index in [1.807, 2.05) is 0 Å². The molecule has 0 aliphatic rings. The van der Waals surface area contributed by atoms with Crippen molar-refractivity contribution >= 4 is 56.4 Å². The number of hydrogen-bond donors (Lipinski definition) is 1. The number of halogens is 3. The van der Waals surface area contributed by atoms with Crippen LogP contribution in [-0.4, -0.2) is 17.4 Å². The highest BCUT2D eigenvalue weighted by atomic mass is 79.9. The van der Waals surface area contributed by atoms with Crippen molar-refractivity contribution in [2.45, 2.75) is 0 Å². The quantitative estimate of drug-likeness (QED) is 0.563. The lowest BCUT2D eigenvalue weighted by atomic mass is 10.3. The third-order valence-corrected chi connectivity index (χ3v) is 3.81. The predicted molar refractivity (Wildman–Crippen MR) is 91.4 cm³/mol. The summed E-state index contributed by atoms with van der Waals surface area (Å²) in [4.78, 5) is 22.0. The first kappa shape index (κ1) is 17.5. The van der Waals surface area contributed by atoms with E-state index in [0.717, 1.165) is 4.47 Å². The second-order valence-corrected chi connectivity index (χ2v) is 6.06. The predicted octanol–water partition coefficient (Wildman–Crippen LogP) is 4.68. The smallest absolute Gasteiger partial charge is 0.271 e. The second kappa shape index (κ2) is 7.63. The third-order valence-electron chi connectivity index (χ3n) is 2.69. The topological polar surface area (TPSA) is 81.5 Å². The van der Waals surface area contributed by atoms with Crippen LogP contribution in [0, 0.1) is 10.1 Å². The number of nitro benzene ring substituents is 1. The summed E-state index contributed by atoms with van der Waals surface area (Å²) in [6, 6.07) is 8.72. The van der Waals surface area contributed by atoms with Crippen molar-refractivity contribution in [3.05, 3.63) is 61.0 Å².